The molecule has 1 aromatic heterocycles. The Hall–Kier alpha value is -2.62. The number of phenolic OH excluding ortho intramolecular Hbond substituents is 1. The molecule has 0 amide bonds. The lowest BCUT2D eigenvalue weighted by Crippen LogP contribution is -2.03. The molecule has 0 unspecified atom stereocenters. The lowest BCUT2D eigenvalue weighted by Gasteiger charge is -2.09. The van der Waals surface area contributed by atoms with Gasteiger partial charge in [-0.3, -0.25) is 9.78 Å². The minimum atomic E-state index is -0.0597. The van der Waals surface area contributed by atoms with Crippen molar-refractivity contribution < 1.29 is 9.90 Å². The normalized spacial score (nSPS) is 11.2. The molecule has 20 heavy (non-hydrogen) atoms. The summed E-state index contributed by atoms with van der Waals surface area (Å²) in [4.78, 5) is 16.0. The number of carbonyl (C=O) groups is 1. The summed E-state index contributed by atoms with van der Waals surface area (Å²) in [7, 11) is 0. The number of nitrogens with zero attached hydrogens (tertiary/aromatic N) is 1. The van der Waals surface area contributed by atoms with Crippen LogP contribution in [0.5, 0.6) is 5.75 Å². The molecule has 4 heteroatoms. The zero-order valence-electron chi connectivity index (χ0n) is 11.2. The van der Waals surface area contributed by atoms with Crippen LogP contribution in [0.15, 0.2) is 60.6 Å². The average molecular weight is 268 g/mol. The Morgan fingerprint density at radius 2 is 1.85 bits per heavy atom. The van der Waals surface area contributed by atoms with E-state index in [0.29, 0.717) is 12.0 Å². The lowest BCUT2D eigenvalue weighted by molar-refractivity contribution is 0.104. The van der Waals surface area contributed by atoms with Crippen molar-refractivity contribution in [3.8, 4) is 5.75 Å². The summed E-state index contributed by atoms with van der Waals surface area (Å²) in [5.74, 6) is 0.154. The summed E-state index contributed by atoms with van der Waals surface area (Å²) < 4.78 is 0. The van der Waals surface area contributed by atoms with E-state index in [9.17, 15) is 9.90 Å². The van der Waals surface area contributed by atoms with Crippen LogP contribution in [0.25, 0.3) is 0 Å². The van der Waals surface area contributed by atoms with Crippen molar-refractivity contribution in [2.75, 3.05) is 5.32 Å². The van der Waals surface area contributed by atoms with Crippen LogP contribution in [0.4, 0.5) is 5.69 Å². The highest BCUT2D eigenvalue weighted by atomic mass is 16.3. The molecular formula is C16H16N2O2. The molecule has 0 fully saturated rings. The van der Waals surface area contributed by atoms with E-state index in [1.807, 2.05) is 6.92 Å². The predicted octanol–water partition coefficient (Wildman–Crippen LogP) is 3.38. The molecular weight excluding hydrogens is 252 g/mol. The Balaban J connectivity index is 2.13. The van der Waals surface area contributed by atoms with Gasteiger partial charge in [-0.05, 0) is 42.8 Å². The first kappa shape index (κ1) is 13.8. The number of carbonyl (C=O) groups excluding carboxylic acids is 1. The van der Waals surface area contributed by atoms with Crippen molar-refractivity contribution in [3.63, 3.8) is 0 Å². The zero-order valence-corrected chi connectivity index (χ0v) is 11.2. The molecule has 0 saturated heterocycles. The van der Waals surface area contributed by atoms with Gasteiger partial charge in [0.25, 0.3) is 0 Å². The van der Waals surface area contributed by atoms with Gasteiger partial charge in [-0.15, -0.1) is 0 Å². The number of allylic oxidation sites excluding steroid dienone is 2. The molecule has 1 heterocycles. The second-order valence-corrected chi connectivity index (χ2v) is 4.30. The Morgan fingerprint density at radius 1 is 1.20 bits per heavy atom. The largest absolute Gasteiger partial charge is 0.508 e. The van der Waals surface area contributed by atoms with E-state index >= 15 is 0 Å². The van der Waals surface area contributed by atoms with Gasteiger partial charge in [0.15, 0.2) is 5.78 Å². The second kappa shape index (κ2) is 6.52. The average Bonchev–Trinajstić information content (AvgIpc) is 2.49. The number of phenols is 1. The first-order valence-electron chi connectivity index (χ1n) is 6.40. The molecule has 0 saturated carbocycles. The molecule has 0 radical (unpaired) electrons. The molecule has 0 spiro atoms. The van der Waals surface area contributed by atoms with Gasteiger partial charge in [0.05, 0.1) is 0 Å². The van der Waals surface area contributed by atoms with Crippen molar-refractivity contribution in [1.29, 1.82) is 0 Å². The van der Waals surface area contributed by atoms with Crippen LogP contribution in [-0.4, -0.2) is 15.9 Å². The van der Waals surface area contributed by atoms with Gasteiger partial charge < -0.3 is 10.4 Å². The van der Waals surface area contributed by atoms with Crippen LogP contribution in [0.3, 0.4) is 0 Å². The van der Waals surface area contributed by atoms with Crippen molar-refractivity contribution in [1.82, 2.24) is 4.98 Å². The quantitative estimate of drug-likeness (QED) is 0.496. The number of pyridine rings is 1. The predicted molar refractivity (Wildman–Crippen MR) is 78.7 cm³/mol. The molecule has 102 valence electrons. The zero-order chi connectivity index (χ0) is 14.4. The van der Waals surface area contributed by atoms with Crippen LogP contribution in [0.1, 0.15) is 23.7 Å². The van der Waals surface area contributed by atoms with E-state index < -0.39 is 0 Å². The van der Waals surface area contributed by atoms with Crippen LogP contribution >= 0.6 is 0 Å². The number of rotatable bonds is 5. The fraction of sp³-hybridized carbons (Fsp3) is 0.125. The number of benzene rings is 1. The van der Waals surface area contributed by atoms with Crippen molar-refractivity contribution in [2.45, 2.75) is 13.3 Å². The number of hydrogen-bond donors (Lipinski definition) is 2. The minimum absolute atomic E-state index is 0.0597. The fourth-order valence-electron chi connectivity index (χ4n) is 1.71. The first-order valence-corrected chi connectivity index (χ1v) is 6.40. The van der Waals surface area contributed by atoms with Crippen LogP contribution < -0.4 is 5.32 Å². The van der Waals surface area contributed by atoms with Crippen LogP contribution in [-0.2, 0) is 0 Å². The van der Waals surface area contributed by atoms with Crippen molar-refractivity contribution >= 4 is 11.5 Å². The number of anilines is 1. The van der Waals surface area contributed by atoms with Gasteiger partial charge in [0, 0.05) is 35.4 Å². The monoisotopic (exact) mass is 268 g/mol. The van der Waals surface area contributed by atoms with E-state index in [1.54, 1.807) is 54.9 Å². The van der Waals surface area contributed by atoms with E-state index in [0.717, 1.165) is 11.4 Å². The summed E-state index contributed by atoms with van der Waals surface area (Å²) in [5, 5.41) is 12.4. The smallest absolute Gasteiger partial charge is 0.187 e. The molecule has 1 aromatic carbocycles. The van der Waals surface area contributed by atoms with Crippen molar-refractivity contribution in [3.05, 3.63) is 66.1 Å². The van der Waals surface area contributed by atoms with Gasteiger partial charge in [-0.1, -0.05) is 6.92 Å². The summed E-state index contributed by atoms with van der Waals surface area (Å²) in [6.07, 6.45) is 5.49. The fourth-order valence-corrected chi connectivity index (χ4v) is 1.71. The molecule has 0 aliphatic heterocycles. The highest BCUT2D eigenvalue weighted by Gasteiger charge is 2.04. The highest BCUT2D eigenvalue weighted by molar-refractivity contribution is 6.05. The third-order valence-corrected chi connectivity index (χ3v) is 2.82. The van der Waals surface area contributed by atoms with Gasteiger partial charge in [-0.2, -0.15) is 0 Å². The number of nitrogens with one attached hydrogen (secondary N) is 1. The number of aromatic hydroxyl groups is 1. The van der Waals surface area contributed by atoms with Crippen LogP contribution in [0, 0.1) is 0 Å². The van der Waals surface area contributed by atoms with E-state index in [2.05, 4.69) is 10.3 Å². The minimum Gasteiger partial charge on any atom is -0.508 e. The second-order valence-electron chi connectivity index (χ2n) is 4.30. The number of ketones is 1. The maximum absolute atomic E-state index is 12.1. The third kappa shape index (κ3) is 3.68. The molecule has 0 bridgehead atoms. The first-order chi connectivity index (χ1) is 9.69. The lowest BCUT2D eigenvalue weighted by atomic mass is 10.1. The molecule has 2 N–H and O–H groups in total. The standard InChI is InChI=1S/C16H16N2O2/c1-2-13(18-14-3-5-15(19)6-4-14)11-16(20)12-7-9-17-10-8-12/h3-11,18-19H,2H2,1H3. The Bertz CT molecular complexity index is 604. The molecule has 2 aromatic rings. The highest BCUT2D eigenvalue weighted by Crippen LogP contribution is 2.17. The van der Waals surface area contributed by atoms with Gasteiger partial charge in [0.1, 0.15) is 5.75 Å². The summed E-state index contributed by atoms with van der Waals surface area (Å²) in [6, 6.07) is 10.1. The van der Waals surface area contributed by atoms with Gasteiger partial charge in [0.2, 0.25) is 0 Å². The third-order valence-electron chi connectivity index (χ3n) is 2.82. The topological polar surface area (TPSA) is 62.2 Å². The molecule has 0 aliphatic rings. The summed E-state index contributed by atoms with van der Waals surface area (Å²) in [5.41, 5.74) is 2.26. The molecule has 4 nitrogen and oxygen atoms in total. The van der Waals surface area contributed by atoms with Crippen molar-refractivity contribution in [2.24, 2.45) is 0 Å². The van der Waals surface area contributed by atoms with E-state index in [1.165, 1.54) is 0 Å². The Kier molecular flexibility index (Phi) is 4.50. The molecule has 0 atom stereocenters. The maximum Gasteiger partial charge on any atom is 0.187 e. The van der Waals surface area contributed by atoms with Gasteiger partial charge in [-0.25, -0.2) is 0 Å². The van der Waals surface area contributed by atoms with E-state index in [4.69, 9.17) is 0 Å². The maximum atomic E-state index is 12.1. The van der Waals surface area contributed by atoms with Gasteiger partial charge >= 0.3 is 0 Å². The number of hydrogen-bond acceptors (Lipinski definition) is 4. The summed E-state index contributed by atoms with van der Waals surface area (Å²) >= 11 is 0. The van der Waals surface area contributed by atoms with E-state index in [-0.39, 0.29) is 11.5 Å². The summed E-state index contributed by atoms with van der Waals surface area (Å²) in [6.45, 7) is 1.97. The SMILES string of the molecule is CCC(=CC(=O)c1ccncc1)Nc1ccc(O)cc1. The molecule has 2 rings (SSSR count). The Labute approximate surface area is 117 Å². The van der Waals surface area contributed by atoms with Crippen LogP contribution in [0.2, 0.25) is 0 Å². The Morgan fingerprint density at radius 3 is 2.45 bits per heavy atom. The number of aromatic nitrogens is 1. The molecule has 0 aliphatic carbocycles.